The molecular weight excluding hydrogens is 304 g/mol. The van der Waals surface area contributed by atoms with Crippen molar-refractivity contribution in [2.75, 3.05) is 0 Å². The van der Waals surface area contributed by atoms with Crippen LogP contribution in [0.5, 0.6) is 0 Å². The van der Waals surface area contributed by atoms with Gasteiger partial charge in [0.2, 0.25) is 5.89 Å². The summed E-state index contributed by atoms with van der Waals surface area (Å²) in [5.74, 6) is 0.233. The van der Waals surface area contributed by atoms with E-state index in [0.29, 0.717) is 11.6 Å². The average Bonchev–Trinajstić information content (AvgIpc) is 3.05. The highest BCUT2D eigenvalue weighted by Crippen LogP contribution is 2.24. The number of amides is 1. The molecule has 1 aliphatic rings. The molecule has 5 heteroatoms. The van der Waals surface area contributed by atoms with Crippen LogP contribution in [0.3, 0.4) is 0 Å². The Labute approximate surface area is 142 Å². The van der Waals surface area contributed by atoms with Gasteiger partial charge in [0.1, 0.15) is 6.26 Å². The van der Waals surface area contributed by atoms with Crippen molar-refractivity contribution in [2.24, 2.45) is 0 Å². The summed E-state index contributed by atoms with van der Waals surface area (Å²) in [6, 6.07) is 7.59. The molecule has 0 saturated heterocycles. The van der Waals surface area contributed by atoms with Crippen molar-refractivity contribution in [2.45, 2.75) is 57.6 Å². The summed E-state index contributed by atoms with van der Waals surface area (Å²) in [4.78, 5) is 16.6. The van der Waals surface area contributed by atoms with Gasteiger partial charge >= 0.3 is 0 Å². The number of hydrogen-bond acceptors (Lipinski definition) is 4. The molecule has 1 aromatic heterocycles. The standard InChI is InChI=1S/C19H24N2O3/c1-19(2,23)14-10-8-13(9-11-14)18-21-16(12-24-18)17(22)20-15-6-4-3-5-7-15/h8-12,15,23H,3-7H2,1-2H3,(H,20,22). The van der Waals surface area contributed by atoms with Crippen molar-refractivity contribution in [3.05, 3.63) is 41.8 Å². The molecular formula is C19H24N2O3. The first kappa shape index (κ1) is 16.7. The van der Waals surface area contributed by atoms with Crippen LogP contribution in [0.1, 0.15) is 62.0 Å². The molecule has 0 unspecified atom stereocenters. The molecule has 5 nitrogen and oxygen atoms in total. The maximum atomic E-state index is 12.3. The van der Waals surface area contributed by atoms with Gasteiger partial charge in [-0.25, -0.2) is 4.98 Å². The van der Waals surface area contributed by atoms with E-state index in [-0.39, 0.29) is 11.9 Å². The van der Waals surface area contributed by atoms with Crippen LogP contribution >= 0.6 is 0 Å². The van der Waals surface area contributed by atoms with Crippen molar-refractivity contribution in [1.29, 1.82) is 0 Å². The highest BCUT2D eigenvalue weighted by Gasteiger charge is 2.20. The first-order valence-corrected chi connectivity index (χ1v) is 8.53. The van der Waals surface area contributed by atoms with Gasteiger partial charge in [-0.1, -0.05) is 31.4 Å². The summed E-state index contributed by atoms with van der Waals surface area (Å²) < 4.78 is 5.45. The molecule has 1 saturated carbocycles. The molecule has 2 N–H and O–H groups in total. The van der Waals surface area contributed by atoms with E-state index >= 15 is 0 Å². The number of aliphatic hydroxyl groups is 1. The molecule has 1 fully saturated rings. The molecule has 128 valence electrons. The minimum absolute atomic E-state index is 0.176. The lowest BCUT2D eigenvalue weighted by molar-refractivity contribution is 0.0786. The first-order chi connectivity index (χ1) is 11.4. The van der Waals surface area contributed by atoms with Crippen LogP contribution in [0.25, 0.3) is 11.5 Å². The summed E-state index contributed by atoms with van der Waals surface area (Å²) in [6.07, 6.45) is 7.06. The topological polar surface area (TPSA) is 75.4 Å². The minimum atomic E-state index is -0.889. The van der Waals surface area contributed by atoms with Crippen LogP contribution in [0, 0.1) is 0 Å². The monoisotopic (exact) mass is 328 g/mol. The highest BCUT2D eigenvalue weighted by molar-refractivity contribution is 5.92. The number of nitrogens with zero attached hydrogens (tertiary/aromatic N) is 1. The van der Waals surface area contributed by atoms with E-state index in [1.165, 1.54) is 25.5 Å². The average molecular weight is 328 g/mol. The molecule has 1 aromatic carbocycles. The predicted molar refractivity (Wildman–Crippen MR) is 91.5 cm³/mol. The van der Waals surface area contributed by atoms with E-state index < -0.39 is 5.60 Å². The van der Waals surface area contributed by atoms with Gasteiger partial charge in [0.25, 0.3) is 5.91 Å². The number of oxazole rings is 1. The van der Waals surface area contributed by atoms with Gasteiger partial charge in [0.15, 0.2) is 5.69 Å². The highest BCUT2D eigenvalue weighted by atomic mass is 16.3. The second-order valence-electron chi connectivity index (χ2n) is 6.98. The van der Waals surface area contributed by atoms with Crippen LogP contribution in [0.4, 0.5) is 0 Å². The third kappa shape index (κ3) is 3.85. The molecule has 0 spiro atoms. The number of rotatable bonds is 4. The second kappa shape index (κ2) is 6.77. The summed E-state index contributed by atoms with van der Waals surface area (Å²) in [5.41, 5.74) is 1.01. The Hall–Kier alpha value is -2.14. The zero-order valence-corrected chi connectivity index (χ0v) is 14.2. The lowest BCUT2D eigenvalue weighted by atomic mass is 9.95. The van der Waals surface area contributed by atoms with E-state index in [2.05, 4.69) is 10.3 Å². The van der Waals surface area contributed by atoms with E-state index in [4.69, 9.17) is 4.42 Å². The van der Waals surface area contributed by atoms with Gasteiger partial charge in [-0.05, 0) is 44.4 Å². The van der Waals surface area contributed by atoms with Gasteiger partial charge in [0, 0.05) is 11.6 Å². The first-order valence-electron chi connectivity index (χ1n) is 8.53. The van der Waals surface area contributed by atoms with Crippen LogP contribution in [0.15, 0.2) is 34.9 Å². The summed E-state index contributed by atoms with van der Waals surface area (Å²) >= 11 is 0. The van der Waals surface area contributed by atoms with E-state index in [1.807, 2.05) is 24.3 Å². The number of nitrogens with one attached hydrogen (secondary N) is 1. The van der Waals surface area contributed by atoms with Gasteiger partial charge in [-0.15, -0.1) is 0 Å². The normalized spacial score (nSPS) is 16.1. The van der Waals surface area contributed by atoms with Crippen LogP contribution in [-0.2, 0) is 5.60 Å². The molecule has 1 aliphatic carbocycles. The Morgan fingerprint density at radius 2 is 1.88 bits per heavy atom. The summed E-state index contributed by atoms with van der Waals surface area (Å²) in [5, 5.41) is 13.0. The SMILES string of the molecule is CC(C)(O)c1ccc(-c2nc(C(=O)NC3CCCCC3)co2)cc1. The number of hydrogen-bond donors (Lipinski definition) is 2. The molecule has 1 amide bonds. The quantitative estimate of drug-likeness (QED) is 0.898. The maximum absolute atomic E-state index is 12.3. The number of carbonyl (C=O) groups excluding carboxylic acids is 1. The Bertz CT molecular complexity index is 692. The van der Waals surface area contributed by atoms with Gasteiger partial charge in [-0.3, -0.25) is 4.79 Å². The number of benzene rings is 1. The molecule has 2 aromatic rings. The van der Waals surface area contributed by atoms with E-state index in [9.17, 15) is 9.90 Å². The van der Waals surface area contributed by atoms with Gasteiger partial charge < -0.3 is 14.8 Å². The zero-order valence-electron chi connectivity index (χ0n) is 14.2. The van der Waals surface area contributed by atoms with Crippen LogP contribution < -0.4 is 5.32 Å². The minimum Gasteiger partial charge on any atom is -0.444 e. The number of carbonyl (C=O) groups is 1. The van der Waals surface area contributed by atoms with Crippen molar-refractivity contribution >= 4 is 5.91 Å². The Balaban J connectivity index is 1.69. The van der Waals surface area contributed by atoms with Crippen molar-refractivity contribution in [1.82, 2.24) is 10.3 Å². The van der Waals surface area contributed by atoms with Crippen LogP contribution in [-0.4, -0.2) is 22.0 Å². The van der Waals surface area contributed by atoms with Crippen LogP contribution in [0.2, 0.25) is 0 Å². The zero-order chi connectivity index (χ0) is 17.2. The third-order valence-corrected chi connectivity index (χ3v) is 4.52. The van der Waals surface area contributed by atoms with Gasteiger partial charge in [-0.2, -0.15) is 0 Å². The third-order valence-electron chi connectivity index (χ3n) is 4.52. The van der Waals surface area contributed by atoms with E-state index in [1.54, 1.807) is 13.8 Å². The maximum Gasteiger partial charge on any atom is 0.273 e. The molecule has 0 atom stereocenters. The molecule has 1 heterocycles. The Morgan fingerprint density at radius 1 is 1.21 bits per heavy atom. The largest absolute Gasteiger partial charge is 0.444 e. The molecule has 24 heavy (non-hydrogen) atoms. The van der Waals surface area contributed by atoms with E-state index in [0.717, 1.165) is 24.0 Å². The molecule has 0 bridgehead atoms. The predicted octanol–water partition coefficient (Wildman–Crippen LogP) is 3.63. The van der Waals surface area contributed by atoms with Crippen molar-refractivity contribution < 1.29 is 14.3 Å². The second-order valence-corrected chi connectivity index (χ2v) is 6.98. The Kier molecular flexibility index (Phi) is 4.71. The van der Waals surface area contributed by atoms with Crippen molar-refractivity contribution in [3.63, 3.8) is 0 Å². The molecule has 3 rings (SSSR count). The lowest BCUT2D eigenvalue weighted by Gasteiger charge is -2.22. The lowest BCUT2D eigenvalue weighted by Crippen LogP contribution is -2.36. The smallest absolute Gasteiger partial charge is 0.273 e. The fourth-order valence-corrected chi connectivity index (χ4v) is 3.04. The fourth-order valence-electron chi connectivity index (χ4n) is 3.04. The van der Waals surface area contributed by atoms with Gasteiger partial charge in [0.05, 0.1) is 5.60 Å². The summed E-state index contributed by atoms with van der Waals surface area (Å²) in [6.45, 7) is 3.47. The Morgan fingerprint density at radius 3 is 2.50 bits per heavy atom. The fraction of sp³-hybridized carbons (Fsp3) is 0.474. The van der Waals surface area contributed by atoms with Crippen molar-refractivity contribution in [3.8, 4) is 11.5 Å². The molecule has 0 aliphatic heterocycles. The number of aromatic nitrogens is 1. The summed E-state index contributed by atoms with van der Waals surface area (Å²) in [7, 11) is 0. The molecule has 0 radical (unpaired) electrons.